The molecular formula is C21H25ClN2O2S. The molecule has 2 aromatic rings. The summed E-state index contributed by atoms with van der Waals surface area (Å²) in [6.07, 6.45) is 0. The average molecular weight is 405 g/mol. The number of piperazine rings is 1. The molecule has 0 atom stereocenters. The minimum Gasteiger partial charge on any atom is -0.493 e. The molecule has 0 radical (unpaired) electrons. The van der Waals surface area contributed by atoms with Crippen LogP contribution in [0.1, 0.15) is 18.1 Å². The molecule has 1 saturated heterocycles. The normalized spacial score (nSPS) is 14.9. The lowest BCUT2D eigenvalue weighted by Crippen LogP contribution is -2.48. The highest BCUT2D eigenvalue weighted by Gasteiger charge is 2.19. The molecule has 0 aliphatic carbocycles. The van der Waals surface area contributed by atoms with Crippen LogP contribution in [0.25, 0.3) is 0 Å². The Morgan fingerprint density at radius 2 is 1.74 bits per heavy atom. The molecule has 2 aromatic carbocycles. The van der Waals surface area contributed by atoms with Crippen LogP contribution < -0.4 is 9.47 Å². The number of nitrogens with zero attached hydrogens (tertiary/aromatic N) is 2. The minimum atomic E-state index is 0.455. The molecule has 1 aliphatic heterocycles. The smallest absolute Gasteiger partial charge is 0.161 e. The van der Waals surface area contributed by atoms with Gasteiger partial charge in [-0.05, 0) is 42.4 Å². The molecule has 6 heteroatoms. The van der Waals surface area contributed by atoms with Gasteiger partial charge in [-0.3, -0.25) is 0 Å². The third kappa shape index (κ3) is 5.12. The van der Waals surface area contributed by atoms with Crippen LogP contribution in [0.3, 0.4) is 0 Å². The summed E-state index contributed by atoms with van der Waals surface area (Å²) in [5.41, 5.74) is 2.04. The van der Waals surface area contributed by atoms with E-state index in [1.807, 2.05) is 42.5 Å². The fraction of sp³-hybridized carbons (Fsp3) is 0.381. The van der Waals surface area contributed by atoms with Crippen LogP contribution in [-0.2, 0) is 6.61 Å². The van der Waals surface area contributed by atoms with Gasteiger partial charge in [0.2, 0.25) is 0 Å². The van der Waals surface area contributed by atoms with E-state index < -0.39 is 0 Å². The topological polar surface area (TPSA) is 24.9 Å². The fourth-order valence-electron chi connectivity index (χ4n) is 3.11. The molecule has 27 heavy (non-hydrogen) atoms. The number of hydrogen-bond donors (Lipinski definition) is 0. The first kappa shape index (κ1) is 19.9. The Hall–Kier alpha value is -1.82. The first-order valence-corrected chi connectivity index (χ1v) is 9.96. The maximum atomic E-state index is 5.93. The maximum Gasteiger partial charge on any atom is 0.161 e. The molecule has 144 valence electrons. The van der Waals surface area contributed by atoms with Crippen molar-refractivity contribution in [1.29, 1.82) is 0 Å². The predicted molar refractivity (Wildman–Crippen MR) is 114 cm³/mol. The molecule has 0 saturated carbocycles. The summed E-state index contributed by atoms with van der Waals surface area (Å²) in [7, 11) is 1.65. The lowest BCUT2D eigenvalue weighted by atomic mass is 10.1. The molecule has 3 rings (SSSR count). The van der Waals surface area contributed by atoms with Crippen molar-refractivity contribution in [2.75, 3.05) is 39.8 Å². The highest BCUT2D eigenvalue weighted by molar-refractivity contribution is 7.80. The number of likely N-dealkylation sites (N-methyl/N-ethyl adjacent to an activating group) is 1. The number of rotatable bonds is 6. The SMILES string of the molecule is CCN1CCN(C(=S)c2ccc(OCc3ccc(Cl)cc3)c(OC)c2)CC1. The third-order valence-electron chi connectivity index (χ3n) is 4.82. The van der Waals surface area contributed by atoms with Gasteiger partial charge >= 0.3 is 0 Å². The average Bonchev–Trinajstić information content (AvgIpc) is 2.72. The summed E-state index contributed by atoms with van der Waals surface area (Å²) in [6, 6.07) is 13.5. The molecule has 0 aromatic heterocycles. The Morgan fingerprint density at radius 1 is 1.04 bits per heavy atom. The molecule has 0 spiro atoms. The number of benzene rings is 2. The Kier molecular flexibility index (Phi) is 6.94. The molecule has 4 nitrogen and oxygen atoms in total. The summed E-state index contributed by atoms with van der Waals surface area (Å²) in [5, 5.41) is 0.717. The quantitative estimate of drug-likeness (QED) is 0.670. The third-order valence-corrected chi connectivity index (χ3v) is 5.57. The van der Waals surface area contributed by atoms with Crippen LogP contribution in [0, 0.1) is 0 Å². The van der Waals surface area contributed by atoms with E-state index in [1.54, 1.807) is 7.11 Å². The molecule has 0 amide bonds. The summed E-state index contributed by atoms with van der Waals surface area (Å²) in [5.74, 6) is 1.39. The lowest BCUT2D eigenvalue weighted by Gasteiger charge is -2.35. The van der Waals surface area contributed by atoms with E-state index in [0.29, 0.717) is 23.1 Å². The number of methoxy groups -OCH3 is 1. The van der Waals surface area contributed by atoms with Crippen LogP contribution in [0.4, 0.5) is 0 Å². The molecule has 0 unspecified atom stereocenters. The fourth-order valence-corrected chi connectivity index (χ4v) is 3.55. The lowest BCUT2D eigenvalue weighted by molar-refractivity contribution is 0.192. The zero-order valence-corrected chi connectivity index (χ0v) is 17.4. The van der Waals surface area contributed by atoms with Gasteiger partial charge in [0, 0.05) is 36.8 Å². The molecule has 1 heterocycles. The van der Waals surface area contributed by atoms with E-state index in [1.165, 1.54) is 0 Å². The van der Waals surface area contributed by atoms with Crippen molar-refractivity contribution in [3.63, 3.8) is 0 Å². The number of halogens is 1. The van der Waals surface area contributed by atoms with Crippen molar-refractivity contribution < 1.29 is 9.47 Å². The van der Waals surface area contributed by atoms with E-state index in [4.69, 9.17) is 33.3 Å². The van der Waals surface area contributed by atoms with Crippen LogP contribution in [-0.4, -0.2) is 54.6 Å². The van der Waals surface area contributed by atoms with Crippen molar-refractivity contribution in [3.8, 4) is 11.5 Å². The van der Waals surface area contributed by atoms with Gasteiger partial charge in [-0.25, -0.2) is 0 Å². The van der Waals surface area contributed by atoms with E-state index in [2.05, 4.69) is 16.7 Å². The van der Waals surface area contributed by atoms with E-state index in [0.717, 1.165) is 48.8 Å². The molecule has 1 fully saturated rings. The van der Waals surface area contributed by atoms with Gasteiger partial charge in [0.25, 0.3) is 0 Å². The van der Waals surface area contributed by atoms with Gasteiger partial charge < -0.3 is 19.3 Å². The van der Waals surface area contributed by atoms with Gasteiger partial charge in [-0.1, -0.05) is 42.9 Å². The van der Waals surface area contributed by atoms with Gasteiger partial charge in [0.15, 0.2) is 11.5 Å². The van der Waals surface area contributed by atoms with Crippen molar-refractivity contribution in [1.82, 2.24) is 9.80 Å². The molecule has 0 bridgehead atoms. The summed E-state index contributed by atoms with van der Waals surface area (Å²) in [4.78, 5) is 5.58. The maximum absolute atomic E-state index is 5.93. The zero-order chi connectivity index (χ0) is 19.2. The van der Waals surface area contributed by atoms with E-state index >= 15 is 0 Å². The van der Waals surface area contributed by atoms with Crippen molar-refractivity contribution in [2.45, 2.75) is 13.5 Å². The standard InChI is InChI=1S/C21H25ClN2O2S/c1-3-23-10-12-24(13-11-23)21(27)17-6-9-19(20(14-17)25-2)26-15-16-4-7-18(22)8-5-16/h4-9,14H,3,10-13,15H2,1-2H3. The van der Waals surface area contributed by atoms with Crippen LogP contribution in [0.2, 0.25) is 5.02 Å². The Bertz CT molecular complexity index is 774. The first-order valence-electron chi connectivity index (χ1n) is 9.17. The monoisotopic (exact) mass is 404 g/mol. The van der Waals surface area contributed by atoms with Crippen LogP contribution in [0.5, 0.6) is 11.5 Å². The minimum absolute atomic E-state index is 0.455. The van der Waals surface area contributed by atoms with Gasteiger partial charge in [-0.15, -0.1) is 0 Å². The number of thiocarbonyl (C=S) groups is 1. The first-order chi connectivity index (χ1) is 13.1. The highest BCUT2D eigenvalue weighted by Crippen LogP contribution is 2.30. The largest absolute Gasteiger partial charge is 0.493 e. The summed E-state index contributed by atoms with van der Waals surface area (Å²) < 4.78 is 11.5. The van der Waals surface area contributed by atoms with Crippen LogP contribution in [0.15, 0.2) is 42.5 Å². The van der Waals surface area contributed by atoms with Gasteiger partial charge in [0.05, 0.1) is 7.11 Å². The zero-order valence-electron chi connectivity index (χ0n) is 15.8. The number of ether oxygens (including phenoxy) is 2. The van der Waals surface area contributed by atoms with E-state index in [9.17, 15) is 0 Å². The molecular weight excluding hydrogens is 380 g/mol. The van der Waals surface area contributed by atoms with Crippen LogP contribution >= 0.6 is 23.8 Å². The summed E-state index contributed by atoms with van der Waals surface area (Å²) >= 11 is 11.6. The second-order valence-corrected chi connectivity index (χ2v) is 7.33. The van der Waals surface area contributed by atoms with E-state index in [-0.39, 0.29) is 0 Å². The predicted octanol–water partition coefficient (Wildman–Crippen LogP) is 4.24. The Labute approximate surface area is 171 Å². The Balaban J connectivity index is 1.66. The van der Waals surface area contributed by atoms with Gasteiger partial charge in [-0.2, -0.15) is 0 Å². The van der Waals surface area contributed by atoms with Crippen molar-refractivity contribution in [2.24, 2.45) is 0 Å². The second kappa shape index (κ2) is 9.40. The van der Waals surface area contributed by atoms with Crippen molar-refractivity contribution in [3.05, 3.63) is 58.6 Å². The second-order valence-electron chi connectivity index (χ2n) is 6.51. The molecule has 1 aliphatic rings. The van der Waals surface area contributed by atoms with Crippen molar-refractivity contribution >= 4 is 28.8 Å². The Morgan fingerprint density at radius 3 is 2.37 bits per heavy atom. The summed E-state index contributed by atoms with van der Waals surface area (Å²) in [6.45, 7) is 7.77. The molecule has 0 N–H and O–H groups in total. The van der Waals surface area contributed by atoms with Gasteiger partial charge in [0.1, 0.15) is 11.6 Å². The number of hydrogen-bond acceptors (Lipinski definition) is 4. The highest BCUT2D eigenvalue weighted by atomic mass is 35.5.